The lowest BCUT2D eigenvalue weighted by molar-refractivity contribution is -0.121. The van der Waals surface area contributed by atoms with E-state index in [4.69, 9.17) is 23.2 Å². The van der Waals surface area contributed by atoms with E-state index in [2.05, 4.69) is 5.32 Å². The van der Waals surface area contributed by atoms with Gasteiger partial charge < -0.3 is 5.32 Å². The summed E-state index contributed by atoms with van der Waals surface area (Å²) in [6.45, 7) is 4.00. The molecule has 4 heteroatoms. The van der Waals surface area contributed by atoms with E-state index < -0.39 is 0 Å². The first-order chi connectivity index (χ1) is 9.99. The second-order valence-corrected chi connectivity index (χ2v) is 5.84. The second-order valence-electron chi connectivity index (χ2n) is 5.02. The summed E-state index contributed by atoms with van der Waals surface area (Å²) >= 11 is 12.2. The molecule has 0 aliphatic heterocycles. The summed E-state index contributed by atoms with van der Waals surface area (Å²) < 4.78 is 0. The van der Waals surface area contributed by atoms with Gasteiger partial charge in [-0.1, -0.05) is 53.5 Å². The van der Waals surface area contributed by atoms with Crippen molar-refractivity contribution in [3.8, 4) is 0 Å². The second kappa shape index (κ2) is 6.97. The van der Waals surface area contributed by atoms with Crippen LogP contribution in [0.1, 0.15) is 29.7 Å². The molecule has 0 heterocycles. The molecule has 1 amide bonds. The van der Waals surface area contributed by atoms with E-state index in [1.807, 2.05) is 38.1 Å². The van der Waals surface area contributed by atoms with E-state index >= 15 is 0 Å². The summed E-state index contributed by atoms with van der Waals surface area (Å²) in [4.78, 5) is 12.2. The lowest BCUT2D eigenvalue weighted by atomic mass is 10.0. The van der Waals surface area contributed by atoms with Crippen molar-refractivity contribution in [2.24, 2.45) is 0 Å². The molecule has 2 rings (SSSR count). The number of nitrogens with one attached hydrogen (secondary N) is 1. The van der Waals surface area contributed by atoms with Crippen molar-refractivity contribution in [2.75, 3.05) is 0 Å². The number of hydrogen-bond acceptors (Lipinski definition) is 1. The largest absolute Gasteiger partial charge is 0.349 e. The van der Waals surface area contributed by atoms with Crippen LogP contribution in [0.4, 0.5) is 0 Å². The SMILES string of the molecule is Cc1ccccc1C(C)NC(=O)Cc1c(Cl)cccc1Cl. The van der Waals surface area contributed by atoms with Crippen molar-refractivity contribution < 1.29 is 4.79 Å². The van der Waals surface area contributed by atoms with Crippen LogP contribution in [0.3, 0.4) is 0 Å². The molecule has 21 heavy (non-hydrogen) atoms. The van der Waals surface area contributed by atoms with E-state index in [1.165, 1.54) is 0 Å². The third kappa shape index (κ3) is 3.99. The molecule has 0 aliphatic carbocycles. The number of halogens is 2. The summed E-state index contributed by atoms with van der Waals surface area (Å²) in [5.74, 6) is -0.0965. The molecule has 2 nitrogen and oxygen atoms in total. The van der Waals surface area contributed by atoms with Gasteiger partial charge in [-0.15, -0.1) is 0 Å². The maximum Gasteiger partial charge on any atom is 0.225 e. The molecule has 0 aliphatic rings. The Balaban J connectivity index is 2.07. The molecular weight excluding hydrogens is 305 g/mol. The summed E-state index contributed by atoms with van der Waals surface area (Å²) in [5.41, 5.74) is 2.92. The smallest absolute Gasteiger partial charge is 0.225 e. The van der Waals surface area contributed by atoms with Gasteiger partial charge in [0.2, 0.25) is 5.91 Å². The van der Waals surface area contributed by atoms with Crippen LogP contribution in [0, 0.1) is 6.92 Å². The maximum absolute atomic E-state index is 12.2. The van der Waals surface area contributed by atoms with Crippen molar-refractivity contribution in [1.29, 1.82) is 0 Å². The highest BCUT2D eigenvalue weighted by molar-refractivity contribution is 6.36. The predicted molar refractivity (Wildman–Crippen MR) is 87.9 cm³/mol. The number of rotatable bonds is 4. The number of amides is 1. The third-order valence-electron chi connectivity index (χ3n) is 3.43. The Bertz CT molecular complexity index is 635. The highest BCUT2D eigenvalue weighted by Crippen LogP contribution is 2.25. The van der Waals surface area contributed by atoms with Crippen LogP contribution >= 0.6 is 23.2 Å². The normalized spacial score (nSPS) is 12.0. The van der Waals surface area contributed by atoms with E-state index in [0.29, 0.717) is 15.6 Å². The van der Waals surface area contributed by atoms with Gasteiger partial charge in [0.25, 0.3) is 0 Å². The van der Waals surface area contributed by atoms with Gasteiger partial charge in [-0.3, -0.25) is 4.79 Å². The Hall–Kier alpha value is -1.51. The van der Waals surface area contributed by atoms with Crippen molar-refractivity contribution in [2.45, 2.75) is 26.3 Å². The monoisotopic (exact) mass is 321 g/mol. The van der Waals surface area contributed by atoms with Crippen molar-refractivity contribution in [1.82, 2.24) is 5.32 Å². The third-order valence-corrected chi connectivity index (χ3v) is 4.14. The molecular formula is C17H17Cl2NO. The number of aryl methyl sites for hydroxylation is 1. The molecule has 2 aromatic carbocycles. The number of carbonyl (C=O) groups excluding carboxylic acids is 1. The van der Waals surface area contributed by atoms with E-state index in [0.717, 1.165) is 11.1 Å². The van der Waals surface area contributed by atoms with E-state index in [1.54, 1.807) is 18.2 Å². The van der Waals surface area contributed by atoms with Crippen LogP contribution in [-0.2, 0) is 11.2 Å². The minimum Gasteiger partial charge on any atom is -0.349 e. The first-order valence-corrected chi connectivity index (χ1v) is 7.52. The van der Waals surface area contributed by atoms with Crippen molar-refractivity contribution in [3.63, 3.8) is 0 Å². The summed E-state index contributed by atoms with van der Waals surface area (Å²) in [6.07, 6.45) is 0.175. The molecule has 1 N–H and O–H groups in total. The summed E-state index contributed by atoms with van der Waals surface area (Å²) in [5, 5.41) is 4.01. The maximum atomic E-state index is 12.2. The minimum absolute atomic E-state index is 0.0556. The van der Waals surface area contributed by atoms with Crippen LogP contribution in [0.2, 0.25) is 10.0 Å². The van der Waals surface area contributed by atoms with Crippen LogP contribution in [0.15, 0.2) is 42.5 Å². The molecule has 0 fully saturated rings. The number of hydrogen-bond donors (Lipinski definition) is 1. The zero-order chi connectivity index (χ0) is 15.4. The van der Waals surface area contributed by atoms with Gasteiger partial charge in [0, 0.05) is 10.0 Å². The Morgan fingerprint density at radius 1 is 1.10 bits per heavy atom. The van der Waals surface area contributed by atoms with Gasteiger partial charge in [0.1, 0.15) is 0 Å². The molecule has 110 valence electrons. The first kappa shape index (κ1) is 15.9. The fourth-order valence-corrected chi connectivity index (χ4v) is 2.84. The Kier molecular flexibility index (Phi) is 5.27. The first-order valence-electron chi connectivity index (χ1n) is 6.77. The fraction of sp³-hybridized carbons (Fsp3) is 0.235. The average Bonchev–Trinajstić information content (AvgIpc) is 2.43. The molecule has 1 atom stereocenters. The molecule has 2 aromatic rings. The predicted octanol–water partition coefficient (Wildman–Crippen LogP) is 4.72. The van der Waals surface area contributed by atoms with E-state index in [9.17, 15) is 4.79 Å². The van der Waals surface area contributed by atoms with Gasteiger partial charge in [-0.25, -0.2) is 0 Å². The molecule has 0 spiro atoms. The van der Waals surface area contributed by atoms with Gasteiger partial charge in [0.15, 0.2) is 0 Å². The average molecular weight is 322 g/mol. The highest BCUT2D eigenvalue weighted by atomic mass is 35.5. The van der Waals surface area contributed by atoms with Gasteiger partial charge in [-0.2, -0.15) is 0 Å². The summed E-state index contributed by atoms with van der Waals surface area (Å²) in [6, 6.07) is 13.2. The van der Waals surface area contributed by atoms with E-state index in [-0.39, 0.29) is 18.4 Å². The summed E-state index contributed by atoms with van der Waals surface area (Å²) in [7, 11) is 0. The van der Waals surface area contributed by atoms with Crippen molar-refractivity contribution in [3.05, 3.63) is 69.2 Å². The van der Waals surface area contributed by atoms with Gasteiger partial charge >= 0.3 is 0 Å². The molecule has 0 aromatic heterocycles. The van der Waals surface area contributed by atoms with Crippen LogP contribution in [-0.4, -0.2) is 5.91 Å². The topological polar surface area (TPSA) is 29.1 Å². The highest BCUT2D eigenvalue weighted by Gasteiger charge is 2.14. The Morgan fingerprint density at radius 3 is 2.33 bits per heavy atom. The van der Waals surface area contributed by atoms with Crippen molar-refractivity contribution >= 4 is 29.1 Å². The Morgan fingerprint density at radius 2 is 1.71 bits per heavy atom. The zero-order valence-electron chi connectivity index (χ0n) is 12.0. The number of carbonyl (C=O) groups is 1. The standard InChI is InChI=1S/C17H17Cl2NO/c1-11-6-3-4-7-13(11)12(2)20-17(21)10-14-15(18)8-5-9-16(14)19/h3-9,12H,10H2,1-2H3,(H,20,21). The zero-order valence-corrected chi connectivity index (χ0v) is 13.5. The van der Waals surface area contributed by atoms with Crippen LogP contribution < -0.4 is 5.32 Å². The molecule has 0 radical (unpaired) electrons. The van der Waals surface area contributed by atoms with Crippen LogP contribution in [0.5, 0.6) is 0 Å². The molecule has 0 bridgehead atoms. The Labute approximate surface area is 135 Å². The quantitative estimate of drug-likeness (QED) is 0.867. The minimum atomic E-state index is -0.0965. The molecule has 1 unspecified atom stereocenters. The molecule has 0 saturated heterocycles. The lowest BCUT2D eigenvalue weighted by Gasteiger charge is -2.17. The number of benzene rings is 2. The van der Waals surface area contributed by atoms with Crippen LogP contribution in [0.25, 0.3) is 0 Å². The van der Waals surface area contributed by atoms with Gasteiger partial charge in [-0.05, 0) is 42.7 Å². The van der Waals surface area contributed by atoms with Gasteiger partial charge in [0.05, 0.1) is 12.5 Å². The lowest BCUT2D eigenvalue weighted by Crippen LogP contribution is -2.28. The fourth-order valence-electron chi connectivity index (χ4n) is 2.30. The molecule has 0 saturated carbocycles.